The van der Waals surface area contributed by atoms with Gasteiger partial charge < -0.3 is 15.2 Å². The molecule has 0 saturated heterocycles. The van der Waals surface area contributed by atoms with Gasteiger partial charge in [0.2, 0.25) is 5.91 Å². The Morgan fingerprint density at radius 1 is 0.967 bits per heavy atom. The van der Waals surface area contributed by atoms with Crippen LogP contribution in [-0.4, -0.2) is 28.7 Å². The fourth-order valence-electron chi connectivity index (χ4n) is 4.37. The van der Waals surface area contributed by atoms with Crippen LogP contribution in [0.2, 0.25) is 0 Å². The summed E-state index contributed by atoms with van der Waals surface area (Å²) in [7, 11) is 1.77. The van der Waals surface area contributed by atoms with E-state index < -0.39 is 5.92 Å². The van der Waals surface area contributed by atoms with Crippen LogP contribution < -0.4 is 5.32 Å². The molecule has 3 aromatic carbocycles. The number of carbonyl (C=O) groups is 2. The molecule has 0 fully saturated rings. The van der Waals surface area contributed by atoms with Gasteiger partial charge >= 0.3 is 0 Å². The summed E-state index contributed by atoms with van der Waals surface area (Å²) in [6, 6.07) is 24.5. The van der Waals surface area contributed by atoms with Crippen LogP contribution in [0.3, 0.4) is 0 Å². The lowest BCUT2D eigenvalue weighted by atomic mass is 9.79. The molecule has 148 valence electrons. The van der Waals surface area contributed by atoms with Crippen LogP contribution in [0.25, 0.3) is 10.9 Å². The molecule has 0 unspecified atom stereocenters. The van der Waals surface area contributed by atoms with Gasteiger partial charge in [0, 0.05) is 35.4 Å². The maximum Gasteiger partial charge on any atom is 0.254 e. The highest BCUT2D eigenvalue weighted by molar-refractivity contribution is 6.04. The van der Waals surface area contributed by atoms with Crippen molar-refractivity contribution in [3.8, 4) is 0 Å². The normalized spacial score (nSPS) is 18.3. The predicted molar refractivity (Wildman–Crippen MR) is 117 cm³/mol. The van der Waals surface area contributed by atoms with Crippen molar-refractivity contribution < 1.29 is 9.59 Å². The minimum absolute atomic E-state index is 0.0720. The van der Waals surface area contributed by atoms with Crippen LogP contribution in [0.4, 0.5) is 5.69 Å². The van der Waals surface area contributed by atoms with E-state index in [2.05, 4.69) is 10.3 Å². The molecule has 4 aromatic rings. The Bertz CT molecular complexity index is 1250. The Morgan fingerprint density at radius 2 is 1.73 bits per heavy atom. The van der Waals surface area contributed by atoms with E-state index in [9.17, 15) is 9.59 Å². The number of H-pyrrole nitrogens is 1. The summed E-state index contributed by atoms with van der Waals surface area (Å²) in [5.74, 6) is -0.726. The molecule has 1 aliphatic rings. The van der Waals surface area contributed by atoms with Gasteiger partial charge in [0.15, 0.2) is 0 Å². The highest BCUT2D eigenvalue weighted by Gasteiger charge is 2.42. The minimum atomic E-state index is -0.520. The Morgan fingerprint density at radius 3 is 2.57 bits per heavy atom. The van der Waals surface area contributed by atoms with Gasteiger partial charge in [-0.1, -0.05) is 48.5 Å². The molecule has 5 rings (SSSR count). The predicted octanol–water partition coefficient (Wildman–Crippen LogP) is 4.72. The number of anilines is 1. The van der Waals surface area contributed by atoms with Gasteiger partial charge in [0.25, 0.3) is 5.91 Å². The molecule has 0 radical (unpaired) electrons. The van der Waals surface area contributed by atoms with Gasteiger partial charge in [0.1, 0.15) is 0 Å². The van der Waals surface area contributed by atoms with Crippen molar-refractivity contribution in [2.75, 3.05) is 12.4 Å². The topological polar surface area (TPSA) is 65.2 Å². The van der Waals surface area contributed by atoms with Crippen molar-refractivity contribution >= 4 is 28.4 Å². The van der Waals surface area contributed by atoms with E-state index in [0.717, 1.165) is 27.7 Å². The van der Waals surface area contributed by atoms with Gasteiger partial charge in [-0.05, 0) is 41.5 Å². The molecular formula is C25H21N3O2. The molecule has 2 heterocycles. The number of carbonyl (C=O) groups excluding carboxylic acids is 2. The summed E-state index contributed by atoms with van der Waals surface area (Å²) in [6.45, 7) is 0. The molecular weight excluding hydrogens is 374 g/mol. The van der Waals surface area contributed by atoms with Crippen molar-refractivity contribution in [2.24, 2.45) is 0 Å². The van der Waals surface area contributed by atoms with Crippen LogP contribution in [0.5, 0.6) is 0 Å². The molecule has 1 aliphatic heterocycles. The lowest BCUT2D eigenvalue weighted by Gasteiger charge is -2.39. The zero-order valence-electron chi connectivity index (χ0n) is 16.5. The SMILES string of the molecule is CN1C(=O)c2ccccc2[C@H](C(=O)Nc2ccc3[nH]ccc3c2)[C@H]1c1ccccc1. The Hall–Kier alpha value is -3.86. The molecule has 5 heteroatoms. The molecule has 1 aromatic heterocycles. The third-order valence-corrected chi connectivity index (χ3v) is 5.82. The van der Waals surface area contributed by atoms with Crippen LogP contribution in [0, 0.1) is 0 Å². The van der Waals surface area contributed by atoms with Crippen molar-refractivity contribution in [3.63, 3.8) is 0 Å². The summed E-state index contributed by atoms with van der Waals surface area (Å²) < 4.78 is 0. The van der Waals surface area contributed by atoms with Crippen LogP contribution in [-0.2, 0) is 4.79 Å². The molecule has 0 aliphatic carbocycles. The zero-order chi connectivity index (χ0) is 20.7. The molecule has 2 N–H and O–H groups in total. The molecule has 2 amide bonds. The number of fused-ring (bicyclic) bond motifs is 2. The Balaban J connectivity index is 1.58. The molecule has 30 heavy (non-hydrogen) atoms. The number of rotatable bonds is 3. The van der Waals surface area contributed by atoms with Gasteiger partial charge in [-0.3, -0.25) is 9.59 Å². The van der Waals surface area contributed by atoms with Crippen molar-refractivity contribution in [3.05, 3.63) is 102 Å². The molecule has 0 bridgehead atoms. The second-order valence-corrected chi connectivity index (χ2v) is 7.61. The third-order valence-electron chi connectivity index (χ3n) is 5.82. The van der Waals surface area contributed by atoms with Crippen LogP contribution >= 0.6 is 0 Å². The number of nitrogens with zero attached hydrogens (tertiary/aromatic N) is 1. The number of nitrogens with one attached hydrogen (secondary N) is 2. The highest BCUT2D eigenvalue weighted by Crippen LogP contribution is 2.42. The van der Waals surface area contributed by atoms with Gasteiger partial charge in [-0.2, -0.15) is 0 Å². The summed E-state index contributed by atoms with van der Waals surface area (Å²) in [6.07, 6.45) is 1.87. The van der Waals surface area contributed by atoms with Crippen molar-refractivity contribution in [1.82, 2.24) is 9.88 Å². The Kier molecular flexibility index (Phi) is 4.36. The van der Waals surface area contributed by atoms with Gasteiger partial charge in [-0.15, -0.1) is 0 Å². The number of likely N-dealkylation sites (N-methyl/N-ethyl adjacent to an activating group) is 1. The first-order valence-electron chi connectivity index (χ1n) is 9.92. The summed E-state index contributed by atoms with van der Waals surface area (Å²) >= 11 is 0. The number of benzene rings is 3. The highest BCUT2D eigenvalue weighted by atomic mass is 16.2. The zero-order valence-corrected chi connectivity index (χ0v) is 16.5. The second kappa shape index (κ2) is 7.19. The fraction of sp³-hybridized carbons (Fsp3) is 0.120. The fourth-order valence-corrected chi connectivity index (χ4v) is 4.37. The summed E-state index contributed by atoms with van der Waals surface area (Å²) in [4.78, 5) is 31.5. The third kappa shape index (κ3) is 2.95. The largest absolute Gasteiger partial charge is 0.361 e. The van der Waals surface area contributed by atoms with E-state index >= 15 is 0 Å². The first kappa shape index (κ1) is 18.2. The maximum atomic E-state index is 13.6. The van der Waals surface area contributed by atoms with Gasteiger partial charge in [0.05, 0.1) is 12.0 Å². The second-order valence-electron chi connectivity index (χ2n) is 7.61. The van der Waals surface area contributed by atoms with Crippen LogP contribution in [0.1, 0.15) is 33.4 Å². The molecule has 0 saturated carbocycles. The van der Waals surface area contributed by atoms with E-state index in [0.29, 0.717) is 5.56 Å². The monoisotopic (exact) mass is 395 g/mol. The summed E-state index contributed by atoms with van der Waals surface area (Å²) in [5.41, 5.74) is 4.02. The number of aromatic amines is 1. The summed E-state index contributed by atoms with van der Waals surface area (Å²) in [5, 5.41) is 4.11. The van der Waals surface area contributed by atoms with Crippen LogP contribution in [0.15, 0.2) is 85.1 Å². The van der Waals surface area contributed by atoms with Crippen molar-refractivity contribution in [2.45, 2.75) is 12.0 Å². The molecule has 0 spiro atoms. The number of hydrogen-bond donors (Lipinski definition) is 2. The quantitative estimate of drug-likeness (QED) is 0.527. The van der Waals surface area contributed by atoms with E-state index in [-0.39, 0.29) is 17.9 Å². The van der Waals surface area contributed by atoms with Crippen molar-refractivity contribution in [1.29, 1.82) is 0 Å². The van der Waals surface area contributed by atoms with E-state index in [1.54, 1.807) is 18.0 Å². The first-order chi connectivity index (χ1) is 14.6. The molecule has 5 nitrogen and oxygen atoms in total. The lowest BCUT2D eigenvalue weighted by molar-refractivity contribution is -0.119. The standard InChI is InChI=1S/C25H21N3O2/c1-28-23(16-7-3-2-4-8-16)22(19-9-5-6-10-20(19)25(28)30)24(29)27-18-11-12-21-17(15-18)13-14-26-21/h2-15,22-23,26H,1H3,(H,27,29)/t22-,23+/m0/s1. The maximum absolute atomic E-state index is 13.6. The van der Waals surface area contributed by atoms with E-state index in [1.807, 2.05) is 79.0 Å². The average molecular weight is 395 g/mol. The molecule has 2 atom stereocenters. The van der Waals surface area contributed by atoms with E-state index in [1.165, 1.54) is 0 Å². The number of amides is 2. The number of hydrogen-bond acceptors (Lipinski definition) is 2. The smallest absolute Gasteiger partial charge is 0.254 e. The lowest BCUT2D eigenvalue weighted by Crippen LogP contribution is -2.44. The number of aromatic nitrogens is 1. The first-order valence-corrected chi connectivity index (χ1v) is 9.92. The Labute approximate surface area is 174 Å². The average Bonchev–Trinajstić information content (AvgIpc) is 3.24. The van der Waals surface area contributed by atoms with Gasteiger partial charge in [-0.25, -0.2) is 0 Å². The minimum Gasteiger partial charge on any atom is -0.361 e. The van der Waals surface area contributed by atoms with E-state index in [4.69, 9.17) is 0 Å².